The summed E-state index contributed by atoms with van der Waals surface area (Å²) in [5.74, 6) is 1.11. The zero-order chi connectivity index (χ0) is 27.9. The van der Waals surface area contributed by atoms with Gasteiger partial charge in [0.15, 0.2) is 11.5 Å². The fraction of sp³-hybridized carbons (Fsp3) is 0.290. The van der Waals surface area contributed by atoms with Gasteiger partial charge in [-0.15, -0.1) is 22.6 Å². The summed E-state index contributed by atoms with van der Waals surface area (Å²) in [6.45, 7) is 8.68. The Bertz CT molecular complexity index is 1880. The molecule has 1 aliphatic rings. The van der Waals surface area contributed by atoms with E-state index in [1.54, 1.807) is 20.2 Å². The Labute approximate surface area is 248 Å². The van der Waals surface area contributed by atoms with Crippen molar-refractivity contribution in [2.75, 3.05) is 44.2 Å². The first-order valence-corrected chi connectivity index (χ1v) is 13.9. The van der Waals surface area contributed by atoms with Gasteiger partial charge in [-0.1, -0.05) is 24.3 Å². The summed E-state index contributed by atoms with van der Waals surface area (Å²) in [4.78, 5) is 21.6. The molecule has 216 valence electrons. The number of aromatic nitrogens is 4. The van der Waals surface area contributed by atoms with Gasteiger partial charge in [0.1, 0.15) is 11.9 Å². The molecule has 4 aromatic heterocycles. The monoisotopic (exact) mass is 586 g/mol. The van der Waals surface area contributed by atoms with Gasteiger partial charge in [-0.05, 0) is 49.2 Å². The van der Waals surface area contributed by atoms with Gasteiger partial charge in [0, 0.05) is 56.1 Å². The molecular weight excluding hydrogens is 556 g/mol. The second-order valence-corrected chi connectivity index (χ2v) is 10.3. The van der Waals surface area contributed by atoms with E-state index in [4.69, 9.17) is 13.6 Å². The molecule has 0 spiro atoms. The zero-order valence-corrected chi connectivity index (χ0v) is 24.3. The first-order valence-electron chi connectivity index (χ1n) is 13.9. The Hall–Kier alpha value is -4.41. The van der Waals surface area contributed by atoms with Crippen molar-refractivity contribution in [2.24, 2.45) is 0 Å². The van der Waals surface area contributed by atoms with Gasteiger partial charge in [0.25, 0.3) is 5.89 Å². The van der Waals surface area contributed by atoms with Crippen molar-refractivity contribution in [3.05, 3.63) is 78.1 Å². The number of halogens is 1. The number of benzene rings is 2. The van der Waals surface area contributed by atoms with Crippen LogP contribution in [0, 0.1) is 6.92 Å². The number of pyridine rings is 1. The average Bonchev–Trinajstić information content (AvgIpc) is 3.74. The molecule has 1 aliphatic heterocycles. The van der Waals surface area contributed by atoms with Crippen LogP contribution in [0.2, 0.25) is 0 Å². The first-order chi connectivity index (χ1) is 20.1. The van der Waals surface area contributed by atoms with Gasteiger partial charge in [0.2, 0.25) is 5.89 Å². The van der Waals surface area contributed by atoms with Crippen molar-refractivity contribution < 1.29 is 18.4 Å². The minimum Gasteiger partial charge on any atom is -0.461 e. The van der Waals surface area contributed by atoms with Crippen LogP contribution in [0.4, 0.5) is 5.69 Å². The van der Waals surface area contributed by atoms with E-state index in [1.165, 1.54) is 10.9 Å². The highest BCUT2D eigenvalue weighted by atomic mass is 35.5. The van der Waals surface area contributed by atoms with E-state index in [2.05, 4.69) is 55.3 Å². The van der Waals surface area contributed by atoms with E-state index in [0.717, 1.165) is 66.8 Å². The maximum Gasteiger partial charge on any atom is 0.359 e. The number of hydrogen-bond acceptors (Lipinski definition) is 9. The molecule has 1 fully saturated rings. The molecule has 10 nitrogen and oxygen atoms in total. The van der Waals surface area contributed by atoms with Crippen LogP contribution in [0.3, 0.4) is 0 Å². The molecule has 0 unspecified atom stereocenters. The third kappa shape index (κ3) is 4.97. The van der Waals surface area contributed by atoms with Crippen LogP contribution in [0.1, 0.15) is 28.9 Å². The molecule has 1 saturated heterocycles. The molecule has 11 heteroatoms. The smallest absolute Gasteiger partial charge is 0.359 e. The molecule has 42 heavy (non-hydrogen) atoms. The number of esters is 1. The molecule has 6 aromatic rings. The van der Waals surface area contributed by atoms with Crippen LogP contribution in [0.25, 0.3) is 39.0 Å². The Kier molecular flexibility index (Phi) is 7.57. The quantitative estimate of drug-likeness (QED) is 0.223. The molecule has 0 atom stereocenters. The number of ether oxygens (including phenoxy) is 1. The summed E-state index contributed by atoms with van der Waals surface area (Å²) < 4.78 is 18.8. The van der Waals surface area contributed by atoms with Gasteiger partial charge in [-0.2, -0.15) is 0 Å². The number of carbonyl (C=O) groups excluding carboxylic acids is 1. The fourth-order valence-electron chi connectivity index (χ4n) is 5.76. The van der Waals surface area contributed by atoms with Crippen molar-refractivity contribution in [3.63, 3.8) is 0 Å². The minimum atomic E-state index is -0.393. The van der Waals surface area contributed by atoms with Crippen molar-refractivity contribution in [3.8, 4) is 11.7 Å². The SMILES string of the molecule is CCOC(=O)c1ncn2c1ccc1c(CCN3CCN(c4cccc5oc(-c6nnc(C)o6)cc45)CC3)cccc12.Cl. The summed E-state index contributed by atoms with van der Waals surface area (Å²) in [7, 11) is 0. The van der Waals surface area contributed by atoms with Crippen LogP contribution in [-0.4, -0.2) is 69.8 Å². The second kappa shape index (κ2) is 11.5. The number of rotatable bonds is 7. The molecular formula is C31H31ClN6O4. The lowest BCUT2D eigenvalue weighted by atomic mass is 10.0. The van der Waals surface area contributed by atoms with Crippen LogP contribution >= 0.6 is 12.4 Å². The lowest BCUT2D eigenvalue weighted by molar-refractivity contribution is 0.0522. The largest absolute Gasteiger partial charge is 0.461 e. The number of carbonyl (C=O) groups is 1. The Morgan fingerprint density at radius 2 is 1.79 bits per heavy atom. The highest BCUT2D eigenvalue weighted by Gasteiger charge is 2.22. The maximum atomic E-state index is 12.3. The number of anilines is 1. The fourth-order valence-corrected chi connectivity index (χ4v) is 5.76. The van der Waals surface area contributed by atoms with Crippen LogP contribution in [0.5, 0.6) is 0 Å². The van der Waals surface area contributed by atoms with Gasteiger partial charge < -0.3 is 18.5 Å². The molecule has 0 bridgehead atoms. The number of piperazine rings is 1. The van der Waals surface area contributed by atoms with E-state index in [1.807, 2.05) is 28.7 Å². The van der Waals surface area contributed by atoms with E-state index in [9.17, 15) is 4.79 Å². The van der Waals surface area contributed by atoms with Crippen molar-refractivity contribution in [2.45, 2.75) is 20.3 Å². The Morgan fingerprint density at radius 3 is 2.57 bits per heavy atom. The first kappa shape index (κ1) is 27.7. The lowest BCUT2D eigenvalue weighted by Gasteiger charge is -2.36. The third-order valence-electron chi connectivity index (χ3n) is 7.80. The third-order valence-corrected chi connectivity index (χ3v) is 7.80. The second-order valence-electron chi connectivity index (χ2n) is 10.3. The van der Waals surface area contributed by atoms with Crippen molar-refractivity contribution >= 4 is 51.5 Å². The Balaban J connectivity index is 0.00000316. The van der Waals surface area contributed by atoms with Crippen molar-refractivity contribution in [1.29, 1.82) is 0 Å². The molecule has 0 aliphatic carbocycles. The highest BCUT2D eigenvalue weighted by Crippen LogP contribution is 2.34. The van der Waals surface area contributed by atoms with Crippen LogP contribution < -0.4 is 4.90 Å². The summed E-state index contributed by atoms with van der Waals surface area (Å²) in [5, 5.41) is 10.3. The van der Waals surface area contributed by atoms with E-state index in [-0.39, 0.29) is 12.4 Å². The standard InChI is InChI=1S/C31H30N6O4.ClH/c1-3-39-31(38)29-26-11-10-22-21(6-4-8-25(22)37(26)19-32-29)12-13-35-14-16-36(17-15-35)24-7-5-9-27-23(24)18-28(41-27)30-34-33-20(2)40-30;/h4-11,18-19H,3,12-17H2,1-2H3;1H. The molecule has 5 heterocycles. The van der Waals surface area contributed by atoms with Crippen molar-refractivity contribution in [1.82, 2.24) is 24.5 Å². The van der Waals surface area contributed by atoms with E-state index < -0.39 is 5.97 Å². The van der Waals surface area contributed by atoms with Gasteiger partial charge >= 0.3 is 5.97 Å². The predicted octanol–water partition coefficient (Wildman–Crippen LogP) is 5.56. The van der Waals surface area contributed by atoms with Gasteiger partial charge in [-0.25, -0.2) is 9.78 Å². The average molecular weight is 587 g/mol. The minimum absolute atomic E-state index is 0. The number of imidazole rings is 1. The summed E-state index contributed by atoms with van der Waals surface area (Å²) in [6.07, 6.45) is 2.64. The summed E-state index contributed by atoms with van der Waals surface area (Å²) in [6, 6.07) is 18.6. The van der Waals surface area contributed by atoms with E-state index in [0.29, 0.717) is 29.8 Å². The number of fused-ring (bicyclic) bond motifs is 4. The normalized spacial score (nSPS) is 14.1. The lowest BCUT2D eigenvalue weighted by Crippen LogP contribution is -2.47. The summed E-state index contributed by atoms with van der Waals surface area (Å²) >= 11 is 0. The number of aryl methyl sites for hydroxylation is 1. The molecule has 0 saturated carbocycles. The zero-order valence-electron chi connectivity index (χ0n) is 23.4. The molecule has 7 rings (SSSR count). The molecule has 0 amide bonds. The Morgan fingerprint density at radius 1 is 0.952 bits per heavy atom. The maximum absolute atomic E-state index is 12.3. The number of furan rings is 1. The van der Waals surface area contributed by atoms with Crippen LogP contribution in [-0.2, 0) is 11.2 Å². The molecule has 0 radical (unpaired) electrons. The number of nitrogens with zero attached hydrogens (tertiary/aromatic N) is 6. The molecule has 2 aromatic carbocycles. The van der Waals surface area contributed by atoms with Gasteiger partial charge in [0.05, 0.1) is 17.6 Å². The molecule has 0 N–H and O–H groups in total. The topological polar surface area (TPSA) is 102 Å². The van der Waals surface area contributed by atoms with Crippen LogP contribution in [0.15, 0.2) is 69.8 Å². The number of hydrogen-bond donors (Lipinski definition) is 0. The predicted molar refractivity (Wildman–Crippen MR) is 163 cm³/mol. The van der Waals surface area contributed by atoms with Gasteiger partial charge in [-0.3, -0.25) is 9.30 Å². The summed E-state index contributed by atoms with van der Waals surface area (Å²) in [5.41, 5.74) is 5.41. The highest BCUT2D eigenvalue weighted by molar-refractivity contribution is 5.97. The van der Waals surface area contributed by atoms with E-state index >= 15 is 0 Å².